The van der Waals surface area contributed by atoms with Gasteiger partial charge in [0.15, 0.2) is 0 Å². The van der Waals surface area contributed by atoms with E-state index in [9.17, 15) is 0 Å². The van der Waals surface area contributed by atoms with Crippen LogP contribution < -0.4 is 5.32 Å². The Kier molecular flexibility index (Phi) is 5.07. The van der Waals surface area contributed by atoms with Crippen molar-refractivity contribution in [2.45, 2.75) is 56.1 Å². The predicted molar refractivity (Wildman–Crippen MR) is 94.6 cm³/mol. The van der Waals surface area contributed by atoms with Crippen molar-refractivity contribution in [3.05, 3.63) is 15.1 Å². The quantitative estimate of drug-likeness (QED) is 0.740. The first-order chi connectivity index (χ1) is 9.79. The largest absolute Gasteiger partial charge is 0.372 e. The van der Waals surface area contributed by atoms with E-state index in [1.807, 2.05) is 18.8 Å². The highest BCUT2D eigenvalue weighted by molar-refractivity contribution is 14.1. The maximum Gasteiger partial charge on any atom is 0.144 e. The Hall–Kier alpha value is -0.0400. The number of hydrogen-bond acceptors (Lipinski definition) is 4. The van der Waals surface area contributed by atoms with E-state index in [1.165, 1.54) is 60.0 Å². The molecule has 2 aliphatic rings. The molecule has 3 rings (SSSR count). The molecule has 1 aliphatic heterocycles. The zero-order chi connectivity index (χ0) is 13.9. The molecule has 3 nitrogen and oxygen atoms in total. The van der Waals surface area contributed by atoms with Gasteiger partial charge in [0.2, 0.25) is 0 Å². The lowest BCUT2D eigenvalue weighted by Crippen LogP contribution is -2.13. The average Bonchev–Trinajstić information content (AvgIpc) is 3.02. The molecule has 1 aliphatic carbocycles. The predicted octanol–water partition coefficient (Wildman–Crippen LogP) is 4.74. The van der Waals surface area contributed by atoms with Crippen molar-refractivity contribution in [3.63, 3.8) is 0 Å². The van der Waals surface area contributed by atoms with Crippen LogP contribution in [0.1, 0.15) is 67.6 Å². The molecule has 0 bridgehead atoms. The third-order valence-corrected chi connectivity index (χ3v) is 6.78. The molecular formula is C15H22IN3S. The summed E-state index contributed by atoms with van der Waals surface area (Å²) in [6.07, 6.45) is 9.21. The summed E-state index contributed by atoms with van der Waals surface area (Å²) in [5.41, 5.74) is 1.31. The van der Waals surface area contributed by atoms with Gasteiger partial charge in [-0.1, -0.05) is 19.3 Å². The van der Waals surface area contributed by atoms with Gasteiger partial charge in [0.25, 0.3) is 0 Å². The fraction of sp³-hybridized carbons (Fsp3) is 0.733. The van der Waals surface area contributed by atoms with Crippen LogP contribution in [0.25, 0.3) is 0 Å². The van der Waals surface area contributed by atoms with Gasteiger partial charge >= 0.3 is 0 Å². The van der Waals surface area contributed by atoms with E-state index >= 15 is 0 Å². The van der Waals surface area contributed by atoms with Crippen molar-refractivity contribution in [2.24, 2.45) is 0 Å². The van der Waals surface area contributed by atoms with Gasteiger partial charge in [-0.3, -0.25) is 0 Å². The van der Waals surface area contributed by atoms with E-state index in [4.69, 9.17) is 9.97 Å². The lowest BCUT2D eigenvalue weighted by molar-refractivity contribution is 0.638. The maximum atomic E-state index is 5.01. The summed E-state index contributed by atoms with van der Waals surface area (Å²) in [7, 11) is 1.97. The summed E-state index contributed by atoms with van der Waals surface area (Å²) in [5, 5.41) is 3.78. The Morgan fingerprint density at radius 1 is 1.10 bits per heavy atom. The Morgan fingerprint density at radius 3 is 2.50 bits per heavy atom. The number of rotatable bonds is 3. The molecule has 0 radical (unpaired) electrons. The summed E-state index contributed by atoms with van der Waals surface area (Å²) in [6, 6.07) is 0. The lowest BCUT2D eigenvalue weighted by atomic mass is 10.0. The molecule has 0 amide bonds. The molecule has 110 valence electrons. The van der Waals surface area contributed by atoms with Crippen LogP contribution in [0.5, 0.6) is 0 Å². The molecule has 1 aromatic heterocycles. The molecule has 0 spiro atoms. The van der Waals surface area contributed by atoms with E-state index in [-0.39, 0.29) is 0 Å². The summed E-state index contributed by atoms with van der Waals surface area (Å²) >= 11 is 4.46. The van der Waals surface area contributed by atoms with Crippen LogP contribution in [0.4, 0.5) is 5.82 Å². The van der Waals surface area contributed by atoms with Crippen molar-refractivity contribution < 1.29 is 0 Å². The first-order valence-corrected chi connectivity index (χ1v) is 9.79. The van der Waals surface area contributed by atoms with Crippen LogP contribution in [0.2, 0.25) is 0 Å². The molecule has 1 atom stereocenters. The van der Waals surface area contributed by atoms with Crippen molar-refractivity contribution in [3.8, 4) is 0 Å². The number of nitrogens with zero attached hydrogens (tertiary/aromatic N) is 2. The standard InChI is InChI=1S/C15H22IN3S/c1-17-15-12(16)13(10-6-2-3-7-10)18-14(19-15)11-8-4-5-9-20-11/h10-11H,2-9H2,1H3,(H,17,18,19). The SMILES string of the molecule is CNc1nc(C2CCCCS2)nc(C2CCCC2)c1I. The smallest absolute Gasteiger partial charge is 0.144 e. The minimum absolute atomic E-state index is 0.507. The average molecular weight is 403 g/mol. The summed E-state index contributed by atoms with van der Waals surface area (Å²) in [5.74, 6) is 4.02. The number of halogens is 1. The Morgan fingerprint density at radius 2 is 1.85 bits per heavy atom. The van der Waals surface area contributed by atoms with Gasteiger partial charge < -0.3 is 5.32 Å². The second kappa shape index (κ2) is 6.81. The number of nitrogens with one attached hydrogen (secondary N) is 1. The first kappa shape index (κ1) is 14.9. The molecule has 2 fully saturated rings. The zero-order valence-corrected chi connectivity index (χ0v) is 15.0. The number of anilines is 1. The van der Waals surface area contributed by atoms with E-state index in [1.54, 1.807) is 0 Å². The normalized spacial score (nSPS) is 24.0. The minimum atomic E-state index is 0.507. The van der Waals surface area contributed by atoms with Crippen LogP contribution in [0.3, 0.4) is 0 Å². The van der Waals surface area contributed by atoms with Gasteiger partial charge in [-0.25, -0.2) is 9.97 Å². The van der Waals surface area contributed by atoms with Crippen LogP contribution in [0, 0.1) is 3.57 Å². The van der Waals surface area contributed by atoms with Gasteiger partial charge in [0.05, 0.1) is 14.5 Å². The van der Waals surface area contributed by atoms with Crippen LogP contribution >= 0.6 is 34.4 Å². The van der Waals surface area contributed by atoms with E-state index < -0.39 is 0 Å². The molecule has 1 unspecified atom stereocenters. The Bertz CT molecular complexity index is 468. The number of hydrogen-bond donors (Lipinski definition) is 1. The third-order valence-electron chi connectivity index (χ3n) is 4.34. The van der Waals surface area contributed by atoms with E-state index in [0.717, 1.165) is 11.6 Å². The molecule has 1 aromatic rings. The molecule has 5 heteroatoms. The molecule has 1 N–H and O–H groups in total. The fourth-order valence-electron chi connectivity index (χ4n) is 3.21. The highest BCUT2D eigenvalue weighted by atomic mass is 127. The van der Waals surface area contributed by atoms with Crippen LogP contribution in [-0.4, -0.2) is 22.8 Å². The molecule has 20 heavy (non-hydrogen) atoms. The monoisotopic (exact) mass is 403 g/mol. The van der Waals surface area contributed by atoms with E-state index in [0.29, 0.717) is 11.2 Å². The molecular weight excluding hydrogens is 381 g/mol. The number of thioether (sulfide) groups is 1. The molecule has 1 saturated carbocycles. The van der Waals surface area contributed by atoms with Gasteiger partial charge in [-0.2, -0.15) is 11.8 Å². The molecule has 0 aromatic carbocycles. The minimum Gasteiger partial charge on any atom is -0.372 e. The van der Waals surface area contributed by atoms with Crippen molar-refractivity contribution in [1.82, 2.24) is 9.97 Å². The summed E-state index contributed by atoms with van der Waals surface area (Å²) in [4.78, 5) is 9.80. The highest BCUT2D eigenvalue weighted by Crippen LogP contribution is 2.41. The maximum absolute atomic E-state index is 5.01. The van der Waals surface area contributed by atoms with Gasteiger partial charge in [-0.15, -0.1) is 0 Å². The topological polar surface area (TPSA) is 37.8 Å². The lowest BCUT2D eigenvalue weighted by Gasteiger charge is -2.22. The summed E-state index contributed by atoms with van der Waals surface area (Å²) < 4.78 is 1.24. The van der Waals surface area contributed by atoms with Crippen molar-refractivity contribution in [2.75, 3.05) is 18.1 Å². The highest BCUT2D eigenvalue weighted by Gasteiger charge is 2.26. The van der Waals surface area contributed by atoms with E-state index in [2.05, 4.69) is 27.9 Å². The Balaban J connectivity index is 1.95. The van der Waals surface area contributed by atoms with Crippen molar-refractivity contribution in [1.29, 1.82) is 0 Å². The van der Waals surface area contributed by atoms with Gasteiger partial charge in [0, 0.05) is 13.0 Å². The second-order valence-electron chi connectivity index (χ2n) is 5.72. The molecule has 2 heterocycles. The second-order valence-corrected chi connectivity index (χ2v) is 8.11. The number of aromatic nitrogens is 2. The fourth-order valence-corrected chi connectivity index (χ4v) is 5.40. The Labute approximate surface area is 139 Å². The third kappa shape index (κ3) is 3.08. The van der Waals surface area contributed by atoms with Crippen LogP contribution in [-0.2, 0) is 0 Å². The van der Waals surface area contributed by atoms with Gasteiger partial charge in [0.1, 0.15) is 11.6 Å². The van der Waals surface area contributed by atoms with Gasteiger partial charge in [-0.05, 0) is 54.0 Å². The summed E-state index contributed by atoms with van der Waals surface area (Å²) in [6.45, 7) is 0. The van der Waals surface area contributed by atoms with Crippen molar-refractivity contribution >= 4 is 40.2 Å². The molecule has 1 saturated heterocycles. The van der Waals surface area contributed by atoms with Crippen LogP contribution in [0.15, 0.2) is 0 Å². The first-order valence-electron chi connectivity index (χ1n) is 7.66. The zero-order valence-electron chi connectivity index (χ0n) is 12.0.